The lowest BCUT2D eigenvalue weighted by Crippen LogP contribution is -2.18. The first-order valence-electron chi connectivity index (χ1n) is 5.27. The van der Waals surface area contributed by atoms with Crippen LogP contribution in [0.1, 0.15) is 25.3 Å². The average Bonchev–Trinajstić information content (AvgIpc) is 2.24. The number of phenols is 1. The minimum Gasteiger partial charge on any atom is -0.506 e. The van der Waals surface area contributed by atoms with Crippen molar-refractivity contribution in [3.8, 4) is 11.5 Å². The first-order chi connectivity index (χ1) is 7.51. The fourth-order valence-electron chi connectivity index (χ4n) is 1.75. The summed E-state index contributed by atoms with van der Waals surface area (Å²) in [6, 6.07) is 3.38. The molecule has 0 bridgehead atoms. The SMILES string of the molecule is COc1cc(Cl)c(O)c(C(CN)C(C)C)c1. The molecule has 0 aromatic heterocycles. The molecule has 0 aliphatic heterocycles. The summed E-state index contributed by atoms with van der Waals surface area (Å²) in [5.41, 5.74) is 6.47. The van der Waals surface area contributed by atoms with Gasteiger partial charge < -0.3 is 15.6 Å². The van der Waals surface area contributed by atoms with Gasteiger partial charge in [-0.3, -0.25) is 0 Å². The molecule has 3 N–H and O–H groups in total. The van der Waals surface area contributed by atoms with E-state index in [9.17, 15) is 5.11 Å². The van der Waals surface area contributed by atoms with Crippen LogP contribution in [0.5, 0.6) is 11.5 Å². The van der Waals surface area contributed by atoms with Gasteiger partial charge in [-0.2, -0.15) is 0 Å². The van der Waals surface area contributed by atoms with Crippen LogP contribution in [0.4, 0.5) is 0 Å². The Balaban J connectivity index is 3.24. The summed E-state index contributed by atoms with van der Waals surface area (Å²) in [5.74, 6) is 1.15. The van der Waals surface area contributed by atoms with Crippen LogP contribution in [0.15, 0.2) is 12.1 Å². The van der Waals surface area contributed by atoms with Crippen molar-refractivity contribution in [1.82, 2.24) is 0 Å². The lowest BCUT2D eigenvalue weighted by Gasteiger charge is -2.21. The number of hydrogen-bond acceptors (Lipinski definition) is 3. The Labute approximate surface area is 101 Å². The number of phenolic OH excluding ortho intramolecular Hbond substituents is 1. The van der Waals surface area contributed by atoms with Crippen molar-refractivity contribution in [2.45, 2.75) is 19.8 Å². The van der Waals surface area contributed by atoms with Gasteiger partial charge in [0.15, 0.2) is 0 Å². The Hall–Kier alpha value is -0.930. The summed E-state index contributed by atoms with van der Waals surface area (Å²) in [7, 11) is 1.57. The molecule has 0 radical (unpaired) electrons. The molecule has 1 unspecified atom stereocenters. The molecule has 0 spiro atoms. The number of halogens is 1. The number of hydrogen-bond donors (Lipinski definition) is 2. The highest BCUT2D eigenvalue weighted by Gasteiger charge is 2.20. The van der Waals surface area contributed by atoms with Gasteiger partial charge in [0.1, 0.15) is 11.5 Å². The summed E-state index contributed by atoms with van der Waals surface area (Å²) < 4.78 is 5.13. The van der Waals surface area contributed by atoms with Crippen LogP contribution in [-0.4, -0.2) is 18.8 Å². The third kappa shape index (κ3) is 2.60. The third-order valence-electron chi connectivity index (χ3n) is 2.76. The normalized spacial score (nSPS) is 12.9. The molecule has 1 aromatic rings. The predicted octanol–water partition coefficient (Wildman–Crippen LogP) is 2.75. The summed E-state index contributed by atoms with van der Waals surface area (Å²) >= 11 is 5.93. The first-order valence-corrected chi connectivity index (χ1v) is 5.65. The van der Waals surface area contributed by atoms with Gasteiger partial charge in [0.2, 0.25) is 0 Å². The van der Waals surface area contributed by atoms with E-state index in [4.69, 9.17) is 22.1 Å². The van der Waals surface area contributed by atoms with Crippen LogP contribution < -0.4 is 10.5 Å². The van der Waals surface area contributed by atoms with E-state index < -0.39 is 0 Å². The van der Waals surface area contributed by atoms with E-state index in [1.54, 1.807) is 19.2 Å². The lowest BCUT2D eigenvalue weighted by atomic mass is 9.88. The number of methoxy groups -OCH3 is 1. The largest absolute Gasteiger partial charge is 0.506 e. The molecule has 1 atom stereocenters. The molecule has 0 fully saturated rings. The van der Waals surface area contributed by atoms with E-state index in [0.29, 0.717) is 23.2 Å². The summed E-state index contributed by atoms with van der Waals surface area (Å²) in [6.07, 6.45) is 0. The van der Waals surface area contributed by atoms with Crippen LogP contribution in [0.2, 0.25) is 5.02 Å². The zero-order chi connectivity index (χ0) is 12.3. The highest BCUT2D eigenvalue weighted by atomic mass is 35.5. The quantitative estimate of drug-likeness (QED) is 0.855. The minimum atomic E-state index is 0.0765. The highest BCUT2D eigenvalue weighted by Crippen LogP contribution is 2.38. The molecule has 0 aliphatic carbocycles. The van der Waals surface area contributed by atoms with Gasteiger partial charge in [-0.05, 0) is 18.5 Å². The maximum Gasteiger partial charge on any atom is 0.137 e. The Morgan fingerprint density at radius 3 is 2.50 bits per heavy atom. The predicted molar refractivity (Wildman–Crippen MR) is 66.3 cm³/mol. The topological polar surface area (TPSA) is 55.5 Å². The molecule has 16 heavy (non-hydrogen) atoms. The average molecular weight is 244 g/mol. The van der Waals surface area contributed by atoms with Gasteiger partial charge in [0.05, 0.1) is 12.1 Å². The zero-order valence-corrected chi connectivity index (χ0v) is 10.6. The van der Waals surface area contributed by atoms with E-state index in [-0.39, 0.29) is 11.7 Å². The highest BCUT2D eigenvalue weighted by molar-refractivity contribution is 6.32. The minimum absolute atomic E-state index is 0.0765. The van der Waals surface area contributed by atoms with Crippen molar-refractivity contribution in [3.05, 3.63) is 22.7 Å². The van der Waals surface area contributed by atoms with Crippen LogP contribution in [0.3, 0.4) is 0 Å². The smallest absolute Gasteiger partial charge is 0.137 e. The third-order valence-corrected chi connectivity index (χ3v) is 3.05. The first kappa shape index (κ1) is 13.1. The van der Waals surface area contributed by atoms with E-state index in [1.165, 1.54) is 0 Å². The van der Waals surface area contributed by atoms with Gasteiger partial charge in [-0.25, -0.2) is 0 Å². The van der Waals surface area contributed by atoms with Crippen molar-refractivity contribution >= 4 is 11.6 Å². The molecule has 0 heterocycles. The number of nitrogens with two attached hydrogens (primary N) is 1. The van der Waals surface area contributed by atoms with Gasteiger partial charge in [0.25, 0.3) is 0 Å². The molecular weight excluding hydrogens is 226 g/mol. The van der Waals surface area contributed by atoms with E-state index >= 15 is 0 Å². The molecule has 1 aromatic carbocycles. The molecule has 1 rings (SSSR count). The van der Waals surface area contributed by atoms with Gasteiger partial charge >= 0.3 is 0 Å². The second-order valence-corrected chi connectivity index (χ2v) is 4.54. The van der Waals surface area contributed by atoms with Gasteiger partial charge in [-0.1, -0.05) is 25.4 Å². The van der Waals surface area contributed by atoms with Crippen LogP contribution in [0.25, 0.3) is 0 Å². The summed E-state index contributed by atoms with van der Waals surface area (Å²) in [5, 5.41) is 10.2. The molecule has 4 heteroatoms. The monoisotopic (exact) mass is 243 g/mol. The van der Waals surface area contributed by atoms with Crippen molar-refractivity contribution in [2.75, 3.05) is 13.7 Å². The Bertz CT molecular complexity index is 366. The number of ether oxygens (including phenoxy) is 1. The molecule has 0 aliphatic rings. The van der Waals surface area contributed by atoms with Crippen LogP contribution in [-0.2, 0) is 0 Å². The van der Waals surface area contributed by atoms with Crippen molar-refractivity contribution in [1.29, 1.82) is 0 Å². The molecule has 3 nitrogen and oxygen atoms in total. The number of aromatic hydroxyl groups is 1. The summed E-state index contributed by atoms with van der Waals surface area (Å²) in [6.45, 7) is 4.59. The molecule has 0 saturated carbocycles. The Kier molecular flexibility index (Phi) is 4.44. The molecular formula is C12H18ClNO2. The second-order valence-electron chi connectivity index (χ2n) is 4.13. The Morgan fingerprint density at radius 1 is 1.44 bits per heavy atom. The maximum absolute atomic E-state index is 9.92. The van der Waals surface area contributed by atoms with Crippen molar-refractivity contribution in [2.24, 2.45) is 11.7 Å². The zero-order valence-electron chi connectivity index (χ0n) is 9.83. The van der Waals surface area contributed by atoms with E-state index in [0.717, 1.165) is 5.56 Å². The van der Waals surface area contributed by atoms with Crippen molar-refractivity contribution in [3.63, 3.8) is 0 Å². The fraction of sp³-hybridized carbons (Fsp3) is 0.500. The molecule has 0 saturated heterocycles. The van der Waals surface area contributed by atoms with Crippen LogP contribution >= 0.6 is 11.6 Å². The second kappa shape index (κ2) is 5.41. The lowest BCUT2D eigenvalue weighted by molar-refractivity contribution is 0.404. The van der Waals surface area contributed by atoms with Crippen LogP contribution in [0, 0.1) is 5.92 Å². The number of benzene rings is 1. The van der Waals surface area contributed by atoms with E-state index in [2.05, 4.69) is 13.8 Å². The fourth-order valence-corrected chi connectivity index (χ4v) is 1.97. The summed E-state index contributed by atoms with van der Waals surface area (Å²) in [4.78, 5) is 0. The van der Waals surface area contributed by atoms with Crippen molar-refractivity contribution < 1.29 is 9.84 Å². The standard InChI is InChI=1S/C12H18ClNO2/c1-7(2)10(6-14)9-4-8(16-3)5-11(13)12(9)15/h4-5,7,10,15H,6,14H2,1-3H3. The number of rotatable bonds is 4. The van der Waals surface area contributed by atoms with Gasteiger partial charge in [0, 0.05) is 17.5 Å². The molecule has 90 valence electrons. The maximum atomic E-state index is 9.92. The van der Waals surface area contributed by atoms with E-state index in [1.807, 2.05) is 0 Å². The van der Waals surface area contributed by atoms with Gasteiger partial charge in [-0.15, -0.1) is 0 Å². The Morgan fingerprint density at radius 2 is 2.06 bits per heavy atom. The molecule has 0 amide bonds.